The number of nitrogens with one attached hydrogen (secondary N) is 1. The number of hydrogen-bond donors (Lipinski definition) is 1. The maximum atomic E-state index is 13.2. The van der Waals surface area contributed by atoms with Gasteiger partial charge in [0.2, 0.25) is 0 Å². The fraction of sp³-hybridized carbons (Fsp3) is 0.333. The summed E-state index contributed by atoms with van der Waals surface area (Å²) in [4.78, 5) is 0. The predicted molar refractivity (Wildman–Crippen MR) is 83.6 cm³/mol. The van der Waals surface area contributed by atoms with Gasteiger partial charge < -0.3 is 5.32 Å². The summed E-state index contributed by atoms with van der Waals surface area (Å²) in [5, 5.41) is 5.09. The third kappa shape index (κ3) is 4.08. The molecule has 0 bridgehead atoms. The first-order valence-electron chi connectivity index (χ1n) is 6.57. The summed E-state index contributed by atoms with van der Waals surface area (Å²) in [6.45, 7) is 2.65. The van der Waals surface area contributed by atoms with E-state index in [1.807, 2.05) is 18.4 Å². The summed E-state index contributed by atoms with van der Waals surface area (Å²) in [6, 6.07) is 7.16. The zero-order valence-corrected chi connectivity index (χ0v) is 13.8. The van der Waals surface area contributed by atoms with Gasteiger partial charge in [-0.05, 0) is 57.5 Å². The van der Waals surface area contributed by atoms with Crippen LogP contribution < -0.4 is 5.32 Å². The SMILES string of the molecule is CCCNC(c1csc(Br)c1)c1ccccc1C(F)(F)F. The molecule has 0 aliphatic rings. The van der Waals surface area contributed by atoms with Crippen LogP contribution in [0.3, 0.4) is 0 Å². The van der Waals surface area contributed by atoms with Gasteiger partial charge in [-0.3, -0.25) is 0 Å². The smallest absolute Gasteiger partial charge is 0.306 e. The molecule has 1 aromatic heterocycles. The van der Waals surface area contributed by atoms with Crippen molar-refractivity contribution in [2.75, 3.05) is 6.54 Å². The van der Waals surface area contributed by atoms with Crippen molar-refractivity contribution in [1.82, 2.24) is 5.32 Å². The number of alkyl halides is 3. The van der Waals surface area contributed by atoms with Crippen LogP contribution in [0.2, 0.25) is 0 Å². The van der Waals surface area contributed by atoms with E-state index >= 15 is 0 Å². The molecule has 0 aliphatic carbocycles. The highest BCUT2D eigenvalue weighted by atomic mass is 79.9. The van der Waals surface area contributed by atoms with Gasteiger partial charge in [-0.15, -0.1) is 11.3 Å². The van der Waals surface area contributed by atoms with Crippen LogP contribution in [0.15, 0.2) is 39.5 Å². The normalized spacial score (nSPS) is 13.4. The molecule has 2 aromatic rings. The second kappa shape index (κ2) is 6.94. The summed E-state index contributed by atoms with van der Waals surface area (Å²) < 4.78 is 40.6. The van der Waals surface area contributed by atoms with E-state index in [4.69, 9.17) is 0 Å². The molecule has 0 saturated heterocycles. The molecule has 1 atom stereocenters. The van der Waals surface area contributed by atoms with Crippen molar-refractivity contribution in [2.24, 2.45) is 0 Å². The van der Waals surface area contributed by atoms with Gasteiger partial charge >= 0.3 is 6.18 Å². The standard InChI is InChI=1S/C15H15BrF3NS/c1-2-7-20-14(10-8-13(16)21-9-10)11-5-3-4-6-12(11)15(17,18)19/h3-6,8-9,14,20H,2,7H2,1H3. The zero-order chi connectivity index (χ0) is 15.5. The molecular formula is C15H15BrF3NS. The summed E-state index contributed by atoms with van der Waals surface area (Å²) in [5.74, 6) is 0. The van der Waals surface area contributed by atoms with E-state index in [2.05, 4.69) is 21.2 Å². The number of benzene rings is 1. The first kappa shape index (κ1) is 16.5. The van der Waals surface area contributed by atoms with Crippen molar-refractivity contribution < 1.29 is 13.2 Å². The van der Waals surface area contributed by atoms with Crippen LogP contribution in [0, 0.1) is 0 Å². The number of thiophene rings is 1. The fourth-order valence-corrected chi connectivity index (χ4v) is 3.38. The average Bonchev–Trinajstić information content (AvgIpc) is 2.85. The van der Waals surface area contributed by atoms with Gasteiger partial charge in [0.15, 0.2) is 0 Å². The summed E-state index contributed by atoms with van der Waals surface area (Å²) in [6.07, 6.45) is -3.49. The fourth-order valence-electron chi connectivity index (χ4n) is 2.18. The number of hydrogen-bond acceptors (Lipinski definition) is 2. The van der Waals surface area contributed by atoms with Gasteiger partial charge in [0.1, 0.15) is 0 Å². The molecule has 1 heterocycles. The Morgan fingerprint density at radius 3 is 2.57 bits per heavy atom. The van der Waals surface area contributed by atoms with Crippen LogP contribution in [0.25, 0.3) is 0 Å². The first-order valence-corrected chi connectivity index (χ1v) is 8.24. The Hall–Kier alpha value is -0.850. The lowest BCUT2D eigenvalue weighted by atomic mass is 9.95. The lowest BCUT2D eigenvalue weighted by Crippen LogP contribution is -2.25. The van der Waals surface area contributed by atoms with Crippen LogP contribution in [0.4, 0.5) is 13.2 Å². The summed E-state index contributed by atoms with van der Waals surface area (Å²) in [7, 11) is 0. The van der Waals surface area contributed by atoms with E-state index < -0.39 is 17.8 Å². The Bertz CT molecular complexity index is 595. The van der Waals surface area contributed by atoms with Crippen molar-refractivity contribution in [2.45, 2.75) is 25.6 Å². The number of halogens is 4. The maximum Gasteiger partial charge on any atom is 0.416 e. The molecule has 1 nitrogen and oxygen atoms in total. The van der Waals surface area contributed by atoms with E-state index in [0.29, 0.717) is 6.54 Å². The molecule has 21 heavy (non-hydrogen) atoms. The lowest BCUT2D eigenvalue weighted by Gasteiger charge is -2.22. The second-order valence-corrected chi connectivity index (χ2v) is 6.95. The zero-order valence-electron chi connectivity index (χ0n) is 11.4. The van der Waals surface area contributed by atoms with E-state index in [0.717, 1.165) is 21.8 Å². The molecule has 0 saturated carbocycles. The monoisotopic (exact) mass is 377 g/mol. The van der Waals surface area contributed by atoms with E-state index in [-0.39, 0.29) is 5.56 Å². The highest BCUT2D eigenvalue weighted by molar-refractivity contribution is 9.11. The minimum atomic E-state index is -4.35. The van der Waals surface area contributed by atoms with Gasteiger partial charge in [0.25, 0.3) is 0 Å². The van der Waals surface area contributed by atoms with Crippen LogP contribution >= 0.6 is 27.3 Å². The second-order valence-electron chi connectivity index (χ2n) is 4.66. The first-order chi connectivity index (χ1) is 9.93. The minimum absolute atomic E-state index is 0.267. The summed E-state index contributed by atoms with van der Waals surface area (Å²) in [5.41, 5.74) is 0.529. The molecule has 114 valence electrons. The Kier molecular flexibility index (Phi) is 5.46. The molecule has 0 radical (unpaired) electrons. The molecule has 1 unspecified atom stereocenters. The Balaban J connectivity index is 2.46. The highest BCUT2D eigenvalue weighted by Gasteiger charge is 2.35. The van der Waals surface area contributed by atoms with Gasteiger partial charge in [0, 0.05) is 0 Å². The molecule has 0 spiro atoms. The van der Waals surface area contributed by atoms with E-state index in [1.54, 1.807) is 12.1 Å². The van der Waals surface area contributed by atoms with Crippen molar-refractivity contribution >= 4 is 27.3 Å². The van der Waals surface area contributed by atoms with Crippen LogP contribution in [-0.4, -0.2) is 6.54 Å². The maximum absolute atomic E-state index is 13.2. The molecule has 2 rings (SSSR count). The Labute approximate surface area is 134 Å². The third-order valence-corrected chi connectivity index (χ3v) is 4.62. The lowest BCUT2D eigenvalue weighted by molar-refractivity contribution is -0.138. The van der Waals surface area contributed by atoms with Crippen molar-refractivity contribution in [3.63, 3.8) is 0 Å². The van der Waals surface area contributed by atoms with Gasteiger partial charge in [-0.25, -0.2) is 0 Å². The van der Waals surface area contributed by atoms with E-state index in [1.165, 1.54) is 17.4 Å². The number of rotatable bonds is 5. The quantitative estimate of drug-likeness (QED) is 0.712. The highest BCUT2D eigenvalue weighted by Crippen LogP contribution is 2.38. The van der Waals surface area contributed by atoms with E-state index in [9.17, 15) is 13.2 Å². The average molecular weight is 378 g/mol. The molecular weight excluding hydrogens is 363 g/mol. The summed E-state index contributed by atoms with van der Waals surface area (Å²) >= 11 is 4.84. The van der Waals surface area contributed by atoms with Crippen LogP contribution in [-0.2, 0) is 6.18 Å². The van der Waals surface area contributed by atoms with Crippen LogP contribution in [0.1, 0.15) is 36.1 Å². The minimum Gasteiger partial charge on any atom is -0.306 e. The largest absolute Gasteiger partial charge is 0.416 e. The van der Waals surface area contributed by atoms with Crippen molar-refractivity contribution in [3.05, 3.63) is 56.2 Å². The van der Waals surface area contributed by atoms with Crippen molar-refractivity contribution in [1.29, 1.82) is 0 Å². The topological polar surface area (TPSA) is 12.0 Å². The molecule has 0 fully saturated rings. The van der Waals surface area contributed by atoms with Crippen LogP contribution in [0.5, 0.6) is 0 Å². The van der Waals surface area contributed by atoms with Gasteiger partial charge in [-0.1, -0.05) is 25.1 Å². The third-order valence-electron chi connectivity index (χ3n) is 3.10. The van der Waals surface area contributed by atoms with Gasteiger partial charge in [-0.2, -0.15) is 13.2 Å². The van der Waals surface area contributed by atoms with Gasteiger partial charge in [0.05, 0.1) is 15.4 Å². The molecule has 1 N–H and O–H groups in total. The molecule has 6 heteroatoms. The molecule has 1 aromatic carbocycles. The predicted octanol–water partition coefficient (Wildman–Crippen LogP) is 5.62. The Morgan fingerprint density at radius 1 is 1.29 bits per heavy atom. The molecule has 0 aliphatic heterocycles. The molecule has 0 amide bonds. The Morgan fingerprint density at radius 2 is 2.00 bits per heavy atom. The van der Waals surface area contributed by atoms with Crippen molar-refractivity contribution in [3.8, 4) is 0 Å².